The summed E-state index contributed by atoms with van der Waals surface area (Å²) in [5.41, 5.74) is 0.0304. The van der Waals surface area contributed by atoms with E-state index in [-0.39, 0.29) is 36.4 Å². The molecule has 148 valence electrons. The number of aromatic nitrogens is 2. The highest BCUT2D eigenvalue weighted by molar-refractivity contribution is 14.0. The fraction of sp³-hybridized carbons (Fsp3) is 0.706. The molecular formula is C17H31IN6O2. The molecule has 9 heteroatoms. The van der Waals surface area contributed by atoms with Gasteiger partial charge in [0.25, 0.3) is 0 Å². The van der Waals surface area contributed by atoms with Crippen molar-refractivity contribution in [2.24, 2.45) is 12.0 Å². The predicted octanol–water partition coefficient (Wildman–Crippen LogP) is 1.20. The standard InChI is InChI=1S/C17H30N6O2.HI/c1-5-17(25,6-2)13-19-16(18-7-3)22-8-9-23(15(24)12-22)14-10-20-21(4)11-14;/h10-11,25H,5-9,12-13H2,1-4H3,(H,18,19);1H. The van der Waals surface area contributed by atoms with E-state index in [1.54, 1.807) is 15.8 Å². The van der Waals surface area contributed by atoms with Gasteiger partial charge in [0, 0.05) is 32.9 Å². The smallest absolute Gasteiger partial charge is 0.246 e. The minimum Gasteiger partial charge on any atom is -0.388 e. The minimum absolute atomic E-state index is 0. The Kier molecular flexibility index (Phi) is 8.81. The van der Waals surface area contributed by atoms with E-state index in [4.69, 9.17) is 0 Å². The van der Waals surface area contributed by atoms with Crippen molar-refractivity contribution in [1.29, 1.82) is 0 Å². The van der Waals surface area contributed by atoms with Crippen LogP contribution in [-0.2, 0) is 11.8 Å². The molecule has 2 heterocycles. The monoisotopic (exact) mass is 478 g/mol. The molecule has 1 aliphatic rings. The van der Waals surface area contributed by atoms with Gasteiger partial charge in [-0.05, 0) is 19.8 Å². The summed E-state index contributed by atoms with van der Waals surface area (Å²) in [7, 11) is 1.84. The SMILES string of the molecule is CCNC(=NCC(O)(CC)CC)N1CCN(c2cnn(C)c2)C(=O)C1.I. The quantitative estimate of drug-likeness (QED) is 0.365. The zero-order valence-electron chi connectivity index (χ0n) is 16.1. The number of aliphatic hydroxyl groups is 1. The highest BCUT2D eigenvalue weighted by Gasteiger charge is 2.28. The topological polar surface area (TPSA) is 86.0 Å². The molecule has 8 nitrogen and oxygen atoms in total. The zero-order chi connectivity index (χ0) is 18.4. The summed E-state index contributed by atoms with van der Waals surface area (Å²) in [6.45, 7) is 8.49. The number of anilines is 1. The van der Waals surface area contributed by atoms with E-state index in [0.29, 0.717) is 45.0 Å². The van der Waals surface area contributed by atoms with Crippen molar-refractivity contribution < 1.29 is 9.90 Å². The van der Waals surface area contributed by atoms with Crippen molar-refractivity contribution in [2.75, 3.05) is 37.6 Å². The molecule has 2 N–H and O–H groups in total. The Hall–Kier alpha value is -1.36. The van der Waals surface area contributed by atoms with Crippen molar-refractivity contribution >= 4 is 41.5 Å². The number of piperazine rings is 1. The number of nitrogens with zero attached hydrogens (tertiary/aromatic N) is 5. The number of hydrogen-bond acceptors (Lipinski definition) is 4. The number of nitrogens with one attached hydrogen (secondary N) is 1. The lowest BCUT2D eigenvalue weighted by Crippen LogP contribution is -2.55. The molecule has 1 aromatic rings. The molecule has 0 unspecified atom stereocenters. The normalized spacial score (nSPS) is 15.9. The first kappa shape index (κ1) is 22.7. The molecule has 1 aromatic heterocycles. The van der Waals surface area contributed by atoms with Crippen LogP contribution in [0.5, 0.6) is 0 Å². The van der Waals surface area contributed by atoms with E-state index in [1.807, 2.05) is 38.9 Å². The van der Waals surface area contributed by atoms with E-state index in [0.717, 1.165) is 5.69 Å². The van der Waals surface area contributed by atoms with Gasteiger partial charge in [-0.1, -0.05) is 13.8 Å². The van der Waals surface area contributed by atoms with E-state index >= 15 is 0 Å². The number of aryl methyl sites for hydroxylation is 1. The van der Waals surface area contributed by atoms with Gasteiger partial charge in [0.1, 0.15) is 6.54 Å². The predicted molar refractivity (Wildman–Crippen MR) is 114 cm³/mol. The minimum atomic E-state index is -0.789. The first-order valence-electron chi connectivity index (χ1n) is 8.97. The van der Waals surface area contributed by atoms with Gasteiger partial charge < -0.3 is 20.2 Å². The Labute approximate surface area is 172 Å². The van der Waals surface area contributed by atoms with Crippen LogP contribution in [0.1, 0.15) is 33.6 Å². The second-order valence-corrected chi connectivity index (χ2v) is 6.44. The number of amides is 1. The summed E-state index contributed by atoms with van der Waals surface area (Å²) in [4.78, 5) is 20.8. The highest BCUT2D eigenvalue weighted by Crippen LogP contribution is 2.17. The molecule has 0 saturated carbocycles. The fourth-order valence-electron chi connectivity index (χ4n) is 2.80. The molecule has 1 amide bonds. The molecular weight excluding hydrogens is 447 g/mol. The van der Waals surface area contributed by atoms with E-state index in [2.05, 4.69) is 15.4 Å². The maximum atomic E-state index is 12.6. The van der Waals surface area contributed by atoms with Crippen molar-refractivity contribution in [2.45, 2.75) is 39.2 Å². The summed E-state index contributed by atoms with van der Waals surface area (Å²) in [6.07, 6.45) is 4.85. The lowest BCUT2D eigenvalue weighted by Gasteiger charge is -2.36. The van der Waals surface area contributed by atoms with Crippen molar-refractivity contribution in [3.63, 3.8) is 0 Å². The van der Waals surface area contributed by atoms with E-state index in [9.17, 15) is 9.90 Å². The van der Waals surface area contributed by atoms with Crippen LogP contribution in [0.4, 0.5) is 5.69 Å². The summed E-state index contributed by atoms with van der Waals surface area (Å²) >= 11 is 0. The maximum absolute atomic E-state index is 12.6. The van der Waals surface area contributed by atoms with Gasteiger partial charge in [-0.15, -0.1) is 24.0 Å². The van der Waals surface area contributed by atoms with Crippen LogP contribution >= 0.6 is 24.0 Å². The van der Waals surface area contributed by atoms with E-state index < -0.39 is 5.60 Å². The Morgan fingerprint density at radius 1 is 1.35 bits per heavy atom. The average Bonchev–Trinajstić information content (AvgIpc) is 3.04. The van der Waals surface area contributed by atoms with Crippen LogP contribution in [0.15, 0.2) is 17.4 Å². The molecule has 0 radical (unpaired) electrons. The van der Waals surface area contributed by atoms with Gasteiger partial charge in [0.2, 0.25) is 5.91 Å². The number of carbonyl (C=O) groups excluding carboxylic acids is 1. The molecule has 1 aliphatic heterocycles. The van der Waals surface area contributed by atoms with Crippen LogP contribution in [0.3, 0.4) is 0 Å². The zero-order valence-corrected chi connectivity index (χ0v) is 18.4. The third-order valence-corrected chi connectivity index (χ3v) is 4.70. The molecule has 1 saturated heterocycles. The number of hydrogen-bond donors (Lipinski definition) is 2. The highest BCUT2D eigenvalue weighted by atomic mass is 127. The molecule has 0 bridgehead atoms. The van der Waals surface area contributed by atoms with Crippen LogP contribution < -0.4 is 10.2 Å². The summed E-state index contributed by atoms with van der Waals surface area (Å²) in [5, 5.41) is 17.8. The van der Waals surface area contributed by atoms with Gasteiger partial charge >= 0.3 is 0 Å². The Morgan fingerprint density at radius 2 is 2.04 bits per heavy atom. The molecule has 1 fully saturated rings. The van der Waals surface area contributed by atoms with Crippen molar-refractivity contribution in [1.82, 2.24) is 20.0 Å². The average molecular weight is 478 g/mol. The maximum Gasteiger partial charge on any atom is 0.246 e. The molecule has 26 heavy (non-hydrogen) atoms. The van der Waals surface area contributed by atoms with Crippen LogP contribution in [0.25, 0.3) is 0 Å². The number of rotatable bonds is 6. The Bertz CT molecular complexity index is 614. The number of halogens is 1. The third-order valence-electron chi connectivity index (χ3n) is 4.70. The summed E-state index contributed by atoms with van der Waals surface area (Å²) in [5.74, 6) is 0.702. The molecule has 0 aliphatic carbocycles. The fourth-order valence-corrected chi connectivity index (χ4v) is 2.80. The summed E-state index contributed by atoms with van der Waals surface area (Å²) in [6, 6.07) is 0. The van der Waals surface area contributed by atoms with Crippen molar-refractivity contribution in [3.8, 4) is 0 Å². The second kappa shape index (κ2) is 10.1. The molecule has 2 rings (SSSR count). The number of carbonyl (C=O) groups is 1. The Balaban J connectivity index is 0.00000338. The second-order valence-electron chi connectivity index (χ2n) is 6.44. The van der Waals surface area contributed by atoms with Gasteiger partial charge in [0.15, 0.2) is 5.96 Å². The summed E-state index contributed by atoms with van der Waals surface area (Å²) < 4.78 is 1.69. The number of guanidine groups is 1. The largest absolute Gasteiger partial charge is 0.388 e. The molecule has 0 aromatic carbocycles. The van der Waals surface area contributed by atoms with Crippen LogP contribution in [-0.4, -0.2) is 70.0 Å². The molecule has 0 atom stereocenters. The number of aliphatic imine (C=N–C) groups is 1. The van der Waals surface area contributed by atoms with Gasteiger partial charge in [0.05, 0.1) is 24.0 Å². The lowest BCUT2D eigenvalue weighted by atomic mass is 9.98. The van der Waals surface area contributed by atoms with Gasteiger partial charge in [-0.25, -0.2) is 0 Å². The van der Waals surface area contributed by atoms with Crippen LogP contribution in [0, 0.1) is 0 Å². The van der Waals surface area contributed by atoms with E-state index in [1.165, 1.54) is 0 Å². The first-order valence-corrected chi connectivity index (χ1v) is 8.97. The van der Waals surface area contributed by atoms with Crippen molar-refractivity contribution in [3.05, 3.63) is 12.4 Å². The first-order chi connectivity index (χ1) is 11.9. The van der Waals surface area contributed by atoms with Gasteiger partial charge in [-0.2, -0.15) is 5.10 Å². The third kappa shape index (κ3) is 5.57. The van der Waals surface area contributed by atoms with Gasteiger partial charge in [-0.3, -0.25) is 14.5 Å². The molecule has 0 spiro atoms. The van der Waals surface area contributed by atoms with Crippen LogP contribution in [0.2, 0.25) is 0 Å². The lowest BCUT2D eigenvalue weighted by molar-refractivity contribution is -0.120. The Morgan fingerprint density at radius 3 is 2.54 bits per heavy atom.